The highest BCUT2D eigenvalue weighted by Gasteiger charge is 2.16. The maximum absolute atomic E-state index is 11.9. The lowest BCUT2D eigenvalue weighted by Gasteiger charge is -2.23. The van der Waals surface area contributed by atoms with Crippen molar-refractivity contribution in [1.82, 2.24) is 9.88 Å². The van der Waals surface area contributed by atoms with Crippen LogP contribution in [0.5, 0.6) is 0 Å². The maximum atomic E-state index is 11.9. The number of rotatable bonds is 3. The zero-order valence-corrected chi connectivity index (χ0v) is 10.2. The number of hydrogen-bond donors (Lipinski definition) is 1. The third-order valence-electron chi connectivity index (χ3n) is 2.22. The Bertz CT molecular complexity index is 357. The van der Waals surface area contributed by atoms with E-state index in [1.54, 1.807) is 32.3 Å². The van der Waals surface area contributed by atoms with E-state index in [1.165, 1.54) is 4.90 Å². The first kappa shape index (κ1) is 12.1. The molecule has 0 spiro atoms. The lowest BCUT2D eigenvalue weighted by molar-refractivity contribution is 0.0682. The number of aliphatic hydroxyl groups excluding tert-OH is 1. The summed E-state index contributed by atoms with van der Waals surface area (Å²) in [6.07, 6.45) is 1.56. The van der Waals surface area contributed by atoms with Gasteiger partial charge in [-0.25, -0.2) is 4.98 Å². The molecule has 1 N–H and O–H groups in total. The number of likely N-dealkylation sites (N-methyl/N-ethyl adjacent to an activating group) is 1. The highest BCUT2D eigenvalue weighted by atomic mass is 79.9. The summed E-state index contributed by atoms with van der Waals surface area (Å²) in [6.45, 7) is 1.74. The van der Waals surface area contributed by atoms with Gasteiger partial charge in [0.2, 0.25) is 0 Å². The summed E-state index contributed by atoms with van der Waals surface area (Å²) < 4.78 is 0.624. The Hall–Kier alpha value is -0.940. The molecule has 1 atom stereocenters. The molecule has 1 unspecified atom stereocenters. The van der Waals surface area contributed by atoms with Crippen LogP contribution in [0.2, 0.25) is 0 Å². The van der Waals surface area contributed by atoms with Crippen LogP contribution in [0.25, 0.3) is 0 Å². The van der Waals surface area contributed by atoms with E-state index in [2.05, 4.69) is 20.9 Å². The zero-order valence-electron chi connectivity index (χ0n) is 8.64. The third-order valence-corrected chi connectivity index (χ3v) is 2.65. The molecule has 0 aliphatic heterocycles. The molecule has 1 amide bonds. The third kappa shape index (κ3) is 3.00. The fraction of sp³-hybridized carbons (Fsp3) is 0.400. The normalized spacial score (nSPS) is 12.3. The van der Waals surface area contributed by atoms with Gasteiger partial charge in [0.1, 0.15) is 4.60 Å². The molecule has 4 nitrogen and oxygen atoms in total. The first-order chi connectivity index (χ1) is 7.06. The molecule has 0 aliphatic carbocycles. The van der Waals surface area contributed by atoms with E-state index in [1.807, 2.05) is 0 Å². The topological polar surface area (TPSA) is 53.4 Å². The Balaban J connectivity index is 2.85. The van der Waals surface area contributed by atoms with Gasteiger partial charge in [0.05, 0.1) is 12.6 Å². The SMILES string of the molecule is CC(CO)N(C)C(=O)c1ccnc(Br)c1. The second kappa shape index (κ2) is 5.23. The van der Waals surface area contributed by atoms with Crippen LogP contribution in [0.1, 0.15) is 17.3 Å². The molecule has 0 saturated heterocycles. The monoisotopic (exact) mass is 272 g/mol. The van der Waals surface area contributed by atoms with Crippen molar-refractivity contribution in [3.8, 4) is 0 Å². The molecule has 82 valence electrons. The molecule has 0 fully saturated rings. The highest BCUT2D eigenvalue weighted by Crippen LogP contribution is 2.11. The molecule has 0 aliphatic rings. The lowest BCUT2D eigenvalue weighted by atomic mass is 10.2. The zero-order chi connectivity index (χ0) is 11.4. The van der Waals surface area contributed by atoms with Crippen LogP contribution in [0.4, 0.5) is 0 Å². The number of pyridine rings is 1. The Kier molecular flexibility index (Phi) is 4.23. The Morgan fingerprint density at radius 1 is 1.73 bits per heavy atom. The van der Waals surface area contributed by atoms with Gasteiger partial charge in [-0.2, -0.15) is 0 Å². The molecule has 1 aromatic rings. The molecule has 0 radical (unpaired) electrons. The number of aromatic nitrogens is 1. The van der Waals surface area contributed by atoms with Gasteiger partial charge >= 0.3 is 0 Å². The Morgan fingerprint density at radius 3 is 2.93 bits per heavy atom. The average molecular weight is 273 g/mol. The van der Waals surface area contributed by atoms with Crippen molar-refractivity contribution in [3.05, 3.63) is 28.5 Å². The minimum atomic E-state index is -0.190. The van der Waals surface area contributed by atoms with E-state index in [0.29, 0.717) is 10.2 Å². The number of carbonyl (C=O) groups excluding carboxylic acids is 1. The van der Waals surface area contributed by atoms with E-state index in [0.717, 1.165) is 0 Å². The minimum absolute atomic E-state index is 0.0471. The van der Waals surface area contributed by atoms with Gasteiger partial charge in [0.15, 0.2) is 0 Å². The quantitative estimate of drug-likeness (QED) is 0.844. The molecule has 0 bridgehead atoms. The summed E-state index contributed by atoms with van der Waals surface area (Å²) in [7, 11) is 1.66. The number of carbonyl (C=O) groups is 1. The van der Waals surface area contributed by atoms with Crippen LogP contribution >= 0.6 is 15.9 Å². The molecular formula is C10H13BrN2O2. The van der Waals surface area contributed by atoms with Gasteiger partial charge < -0.3 is 10.0 Å². The standard InChI is InChI=1S/C10H13BrN2O2/c1-7(6-14)13(2)10(15)8-3-4-12-9(11)5-8/h3-5,7,14H,6H2,1-2H3. The molecule has 5 heteroatoms. The second-order valence-electron chi connectivity index (χ2n) is 3.31. The summed E-state index contributed by atoms with van der Waals surface area (Å²) in [5.74, 6) is -0.125. The second-order valence-corrected chi connectivity index (χ2v) is 4.13. The van der Waals surface area contributed by atoms with Crippen molar-refractivity contribution in [1.29, 1.82) is 0 Å². The highest BCUT2D eigenvalue weighted by molar-refractivity contribution is 9.10. The van der Waals surface area contributed by atoms with Crippen molar-refractivity contribution in [2.24, 2.45) is 0 Å². The smallest absolute Gasteiger partial charge is 0.254 e. The number of nitrogens with zero attached hydrogens (tertiary/aromatic N) is 2. The molecule has 15 heavy (non-hydrogen) atoms. The van der Waals surface area contributed by atoms with Gasteiger partial charge in [-0.3, -0.25) is 4.79 Å². The fourth-order valence-electron chi connectivity index (χ4n) is 1.06. The minimum Gasteiger partial charge on any atom is -0.394 e. The van der Waals surface area contributed by atoms with Crippen LogP contribution in [0.15, 0.2) is 22.9 Å². The summed E-state index contributed by atoms with van der Waals surface area (Å²) in [5.41, 5.74) is 0.555. The van der Waals surface area contributed by atoms with Crippen molar-refractivity contribution < 1.29 is 9.90 Å². The van der Waals surface area contributed by atoms with E-state index >= 15 is 0 Å². The maximum Gasteiger partial charge on any atom is 0.254 e. The van der Waals surface area contributed by atoms with E-state index in [4.69, 9.17) is 5.11 Å². The van der Waals surface area contributed by atoms with Crippen LogP contribution in [-0.4, -0.2) is 40.6 Å². The van der Waals surface area contributed by atoms with Crippen molar-refractivity contribution >= 4 is 21.8 Å². The summed E-state index contributed by atoms with van der Waals surface area (Å²) >= 11 is 3.20. The van der Waals surface area contributed by atoms with Gasteiger partial charge in [0.25, 0.3) is 5.91 Å². The van der Waals surface area contributed by atoms with Gasteiger partial charge in [0, 0.05) is 18.8 Å². The van der Waals surface area contributed by atoms with E-state index in [-0.39, 0.29) is 18.6 Å². The first-order valence-electron chi connectivity index (χ1n) is 4.56. The molecule has 0 aromatic carbocycles. The van der Waals surface area contributed by atoms with Crippen LogP contribution in [-0.2, 0) is 0 Å². The average Bonchev–Trinajstić information content (AvgIpc) is 2.26. The summed E-state index contributed by atoms with van der Waals surface area (Å²) in [5, 5.41) is 8.94. The predicted molar refractivity (Wildman–Crippen MR) is 60.6 cm³/mol. The van der Waals surface area contributed by atoms with Crippen molar-refractivity contribution in [2.45, 2.75) is 13.0 Å². The van der Waals surface area contributed by atoms with Crippen LogP contribution < -0.4 is 0 Å². The molecule has 1 rings (SSSR count). The number of hydrogen-bond acceptors (Lipinski definition) is 3. The van der Waals surface area contributed by atoms with Gasteiger partial charge in [-0.05, 0) is 35.0 Å². The van der Waals surface area contributed by atoms with Crippen molar-refractivity contribution in [2.75, 3.05) is 13.7 Å². The first-order valence-corrected chi connectivity index (χ1v) is 5.35. The lowest BCUT2D eigenvalue weighted by Crippen LogP contribution is -2.37. The Morgan fingerprint density at radius 2 is 2.40 bits per heavy atom. The molecule has 0 saturated carbocycles. The van der Waals surface area contributed by atoms with Crippen LogP contribution in [0, 0.1) is 0 Å². The number of halogens is 1. The van der Waals surface area contributed by atoms with Crippen LogP contribution in [0.3, 0.4) is 0 Å². The summed E-state index contributed by atoms with van der Waals surface area (Å²) in [6, 6.07) is 3.11. The molecule has 1 heterocycles. The number of amides is 1. The predicted octanol–water partition coefficient (Wildman–Crippen LogP) is 1.30. The molecule has 1 aromatic heterocycles. The number of aliphatic hydroxyl groups is 1. The van der Waals surface area contributed by atoms with Gasteiger partial charge in [-0.15, -0.1) is 0 Å². The fourth-order valence-corrected chi connectivity index (χ4v) is 1.43. The largest absolute Gasteiger partial charge is 0.394 e. The van der Waals surface area contributed by atoms with Gasteiger partial charge in [-0.1, -0.05) is 0 Å². The van der Waals surface area contributed by atoms with E-state index < -0.39 is 0 Å². The summed E-state index contributed by atoms with van der Waals surface area (Å²) in [4.78, 5) is 17.3. The Labute approximate surface area is 97.1 Å². The van der Waals surface area contributed by atoms with Crippen molar-refractivity contribution in [3.63, 3.8) is 0 Å². The van der Waals surface area contributed by atoms with E-state index in [9.17, 15) is 4.79 Å². The molecular weight excluding hydrogens is 260 g/mol.